The molecule has 150 valence electrons. The average molecular weight is 409 g/mol. The third-order valence-electron chi connectivity index (χ3n) is 4.03. The Kier molecular flexibility index (Phi) is 7.47. The number of aliphatic imine (C=N–C) groups is 1. The van der Waals surface area contributed by atoms with Gasteiger partial charge in [0.2, 0.25) is 17.0 Å². The molecule has 0 atom stereocenters. The summed E-state index contributed by atoms with van der Waals surface area (Å²) in [6.45, 7) is 7.32. The summed E-state index contributed by atoms with van der Waals surface area (Å²) in [5.74, 6) is 1.41. The predicted octanol–water partition coefficient (Wildman–Crippen LogP) is 3.59. The van der Waals surface area contributed by atoms with E-state index >= 15 is 0 Å². The van der Waals surface area contributed by atoms with Crippen LogP contribution in [0.1, 0.15) is 11.1 Å². The summed E-state index contributed by atoms with van der Waals surface area (Å²) in [6, 6.07) is 17.6. The number of aryl methyl sites for hydroxylation is 1. The highest BCUT2D eigenvalue weighted by Crippen LogP contribution is 2.16. The number of amides is 1. The van der Waals surface area contributed by atoms with Gasteiger partial charge in [-0.15, -0.1) is 11.7 Å². The van der Waals surface area contributed by atoms with Crippen molar-refractivity contribution >= 4 is 28.7 Å². The molecule has 0 radical (unpaired) electrons. The lowest BCUT2D eigenvalue weighted by molar-refractivity contribution is -0.118. The number of nitrogens with one attached hydrogen (secondary N) is 1. The van der Waals surface area contributed by atoms with E-state index in [1.807, 2.05) is 66.5 Å². The van der Waals surface area contributed by atoms with Gasteiger partial charge in [-0.25, -0.2) is 0 Å². The molecule has 0 bridgehead atoms. The summed E-state index contributed by atoms with van der Waals surface area (Å²) < 4.78 is 5.86. The SMILES string of the molecule is C=CCN1CC(Oc2ccccc2)=NC(SCC(=O)NCc2ccc(C)cc2)=N1. The van der Waals surface area contributed by atoms with E-state index in [4.69, 9.17) is 4.74 Å². The van der Waals surface area contributed by atoms with Crippen molar-refractivity contribution in [3.8, 4) is 5.75 Å². The molecule has 2 aromatic carbocycles. The number of carbonyl (C=O) groups is 1. The van der Waals surface area contributed by atoms with Crippen molar-refractivity contribution in [2.45, 2.75) is 13.5 Å². The third kappa shape index (κ3) is 6.80. The Morgan fingerprint density at radius 2 is 2.00 bits per heavy atom. The standard InChI is InChI=1S/C22H24N4O2S/c1-3-13-26-15-21(28-19-7-5-4-6-8-19)24-22(25-26)29-16-20(27)23-14-18-11-9-17(2)10-12-18/h3-12H,1,13-16H2,2H3,(H,23,27). The molecule has 2 aromatic rings. The average Bonchev–Trinajstić information content (AvgIpc) is 2.73. The Hall–Kier alpha value is -3.06. The van der Waals surface area contributed by atoms with Gasteiger partial charge in [0.05, 0.1) is 12.3 Å². The second-order valence-corrected chi connectivity index (χ2v) is 7.43. The van der Waals surface area contributed by atoms with Gasteiger partial charge in [-0.3, -0.25) is 9.80 Å². The van der Waals surface area contributed by atoms with Gasteiger partial charge in [-0.05, 0) is 24.6 Å². The van der Waals surface area contributed by atoms with Crippen LogP contribution >= 0.6 is 11.8 Å². The molecule has 7 heteroatoms. The maximum absolute atomic E-state index is 12.2. The Labute approximate surface area is 175 Å². The molecule has 0 spiro atoms. The van der Waals surface area contributed by atoms with E-state index in [-0.39, 0.29) is 11.7 Å². The first kappa shape index (κ1) is 20.7. The van der Waals surface area contributed by atoms with E-state index in [9.17, 15) is 4.79 Å². The van der Waals surface area contributed by atoms with E-state index in [0.29, 0.717) is 36.4 Å². The highest BCUT2D eigenvalue weighted by Gasteiger charge is 2.18. The molecule has 0 unspecified atom stereocenters. The molecular weight excluding hydrogens is 384 g/mol. The quantitative estimate of drug-likeness (QED) is 0.711. The van der Waals surface area contributed by atoms with Gasteiger partial charge in [0.15, 0.2) is 0 Å². The van der Waals surface area contributed by atoms with Crippen molar-refractivity contribution in [1.82, 2.24) is 10.3 Å². The number of hydrogen-bond acceptors (Lipinski definition) is 6. The van der Waals surface area contributed by atoms with Crippen molar-refractivity contribution in [2.24, 2.45) is 10.1 Å². The fourth-order valence-electron chi connectivity index (χ4n) is 2.56. The fourth-order valence-corrected chi connectivity index (χ4v) is 3.26. The van der Waals surface area contributed by atoms with E-state index in [2.05, 4.69) is 22.0 Å². The number of thioether (sulfide) groups is 1. The number of rotatable bonds is 7. The first-order valence-corrected chi connectivity index (χ1v) is 10.3. The molecule has 29 heavy (non-hydrogen) atoms. The van der Waals surface area contributed by atoms with Gasteiger partial charge in [0.1, 0.15) is 12.3 Å². The topological polar surface area (TPSA) is 66.3 Å². The number of hydrazone groups is 1. The smallest absolute Gasteiger partial charge is 0.230 e. The molecule has 1 N–H and O–H groups in total. The first-order valence-electron chi connectivity index (χ1n) is 9.32. The molecule has 1 amide bonds. The molecule has 0 saturated heterocycles. The molecule has 1 aliphatic rings. The number of carbonyl (C=O) groups excluding carboxylic acids is 1. The highest BCUT2D eigenvalue weighted by atomic mass is 32.2. The van der Waals surface area contributed by atoms with Crippen LogP contribution in [-0.2, 0) is 11.3 Å². The Balaban J connectivity index is 1.55. The van der Waals surface area contributed by atoms with Crippen LogP contribution in [0.25, 0.3) is 0 Å². The maximum Gasteiger partial charge on any atom is 0.230 e. The third-order valence-corrected chi connectivity index (χ3v) is 4.86. The number of nitrogens with zero attached hydrogens (tertiary/aromatic N) is 3. The number of para-hydroxylation sites is 1. The number of amidine groups is 1. The minimum Gasteiger partial charge on any atom is -0.441 e. The summed E-state index contributed by atoms with van der Waals surface area (Å²) in [5.41, 5.74) is 2.26. The monoisotopic (exact) mass is 408 g/mol. The van der Waals surface area contributed by atoms with Crippen LogP contribution in [0.4, 0.5) is 0 Å². The molecular formula is C22H24N4O2S. The zero-order chi connectivity index (χ0) is 20.5. The first-order chi connectivity index (χ1) is 14.1. The van der Waals surface area contributed by atoms with Crippen molar-refractivity contribution in [3.05, 3.63) is 78.4 Å². The molecule has 6 nitrogen and oxygen atoms in total. The van der Waals surface area contributed by atoms with E-state index in [1.165, 1.54) is 17.3 Å². The Bertz CT molecular complexity index is 895. The second kappa shape index (κ2) is 10.5. The fraction of sp³-hybridized carbons (Fsp3) is 0.227. The summed E-state index contributed by atoms with van der Waals surface area (Å²) in [5, 5.41) is 9.68. The maximum atomic E-state index is 12.2. The van der Waals surface area contributed by atoms with Crippen LogP contribution in [0.5, 0.6) is 5.75 Å². The molecule has 3 rings (SSSR count). The van der Waals surface area contributed by atoms with Gasteiger partial charge in [-0.2, -0.15) is 4.99 Å². The minimum absolute atomic E-state index is 0.0696. The van der Waals surface area contributed by atoms with Gasteiger partial charge < -0.3 is 10.1 Å². The predicted molar refractivity (Wildman–Crippen MR) is 119 cm³/mol. The van der Waals surface area contributed by atoms with Crippen molar-refractivity contribution in [3.63, 3.8) is 0 Å². The minimum atomic E-state index is -0.0696. The summed E-state index contributed by atoms with van der Waals surface area (Å²) in [4.78, 5) is 16.7. The second-order valence-electron chi connectivity index (χ2n) is 6.49. The molecule has 0 aliphatic carbocycles. The Morgan fingerprint density at radius 1 is 1.24 bits per heavy atom. The summed E-state index contributed by atoms with van der Waals surface area (Å²) in [6.07, 6.45) is 1.77. The molecule has 1 aliphatic heterocycles. The summed E-state index contributed by atoms with van der Waals surface area (Å²) in [7, 11) is 0. The van der Waals surface area contributed by atoms with Crippen LogP contribution in [-0.4, -0.2) is 40.8 Å². The van der Waals surface area contributed by atoms with Crippen LogP contribution in [0.2, 0.25) is 0 Å². The molecule has 0 saturated carbocycles. The van der Waals surface area contributed by atoms with Crippen molar-refractivity contribution < 1.29 is 9.53 Å². The molecule has 0 fully saturated rings. The molecule has 0 aromatic heterocycles. The zero-order valence-corrected chi connectivity index (χ0v) is 17.2. The van der Waals surface area contributed by atoms with Crippen molar-refractivity contribution in [1.29, 1.82) is 0 Å². The lowest BCUT2D eigenvalue weighted by Crippen LogP contribution is -2.34. The molecule has 1 heterocycles. The number of hydrogen-bond donors (Lipinski definition) is 1. The lowest BCUT2D eigenvalue weighted by Gasteiger charge is -2.23. The van der Waals surface area contributed by atoms with E-state index in [1.54, 1.807) is 6.08 Å². The van der Waals surface area contributed by atoms with Gasteiger partial charge in [0, 0.05) is 6.54 Å². The number of ether oxygens (including phenoxy) is 1. The summed E-state index contributed by atoms with van der Waals surface area (Å²) >= 11 is 1.28. The van der Waals surface area contributed by atoms with Crippen molar-refractivity contribution in [2.75, 3.05) is 18.8 Å². The Morgan fingerprint density at radius 3 is 2.72 bits per heavy atom. The van der Waals surface area contributed by atoms with E-state index < -0.39 is 0 Å². The van der Waals surface area contributed by atoms with Crippen LogP contribution in [0.15, 0.2) is 77.3 Å². The zero-order valence-electron chi connectivity index (χ0n) is 16.4. The largest absolute Gasteiger partial charge is 0.441 e. The lowest BCUT2D eigenvalue weighted by atomic mass is 10.1. The van der Waals surface area contributed by atoms with Gasteiger partial charge in [-0.1, -0.05) is 65.9 Å². The van der Waals surface area contributed by atoms with Crippen LogP contribution < -0.4 is 10.1 Å². The number of benzene rings is 2. The van der Waals surface area contributed by atoms with Gasteiger partial charge >= 0.3 is 0 Å². The highest BCUT2D eigenvalue weighted by molar-refractivity contribution is 8.14. The van der Waals surface area contributed by atoms with Crippen LogP contribution in [0, 0.1) is 6.92 Å². The normalized spacial score (nSPS) is 13.3. The van der Waals surface area contributed by atoms with Gasteiger partial charge in [0.25, 0.3) is 0 Å². The van der Waals surface area contributed by atoms with E-state index in [0.717, 1.165) is 5.56 Å². The van der Waals surface area contributed by atoms with Crippen LogP contribution in [0.3, 0.4) is 0 Å².